The van der Waals surface area contributed by atoms with Crippen LogP contribution in [0.1, 0.15) is 106 Å². The molecule has 1 aliphatic heterocycles. The molecule has 2 rings (SSSR count). The van der Waals surface area contributed by atoms with Gasteiger partial charge in [-0.2, -0.15) is 0 Å². The number of amides is 2. The van der Waals surface area contributed by atoms with Crippen LogP contribution >= 0.6 is 0 Å². The molecular weight excluding hydrogens is 528 g/mol. The molecule has 2 amide bonds. The topological polar surface area (TPSA) is 138 Å². The van der Waals surface area contributed by atoms with Crippen molar-refractivity contribution in [3.05, 3.63) is 0 Å². The van der Waals surface area contributed by atoms with Crippen LogP contribution < -0.4 is 5.32 Å². The van der Waals surface area contributed by atoms with Crippen LogP contribution in [0.25, 0.3) is 0 Å². The van der Waals surface area contributed by atoms with E-state index in [2.05, 4.69) is 19.2 Å². The second kappa shape index (κ2) is 17.1. The second-order valence-electron chi connectivity index (χ2n) is 13.8. The van der Waals surface area contributed by atoms with Gasteiger partial charge in [-0.1, -0.05) is 53.4 Å². The van der Waals surface area contributed by atoms with Gasteiger partial charge in [0.1, 0.15) is 12.1 Å². The number of carbonyl (C=O) groups excluding carboxylic acids is 2. The van der Waals surface area contributed by atoms with Gasteiger partial charge in [-0.3, -0.25) is 9.59 Å². The molecule has 10 nitrogen and oxygen atoms in total. The molecule has 1 saturated carbocycles. The Labute approximate surface area is 247 Å². The van der Waals surface area contributed by atoms with Crippen molar-refractivity contribution in [2.75, 3.05) is 33.0 Å². The minimum atomic E-state index is -1.08. The minimum absolute atomic E-state index is 0.147. The lowest BCUT2D eigenvalue weighted by molar-refractivity contribution is -0.224. The molecule has 0 bridgehead atoms. The minimum Gasteiger partial charge on any atom is -0.394 e. The largest absolute Gasteiger partial charge is 0.394 e. The van der Waals surface area contributed by atoms with Crippen molar-refractivity contribution in [3.63, 3.8) is 0 Å². The highest BCUT2D eigenvalue weighted by Gasteiger charge is 2.37. The maximum absolute atomic E-state index is 13.5. The van der Waals surface area contributed by atoms with Gasteiger partial charge in [0.15, 0.2) is 6.29 Å². The molecule has 2 fully saturated rings. The summed E-state index contributed by atoms with van der Waals surface area (Å²) in [5.41, 5.74) is -0.689. The Kier molecular flexibility index (Phi) is 15.0. The van der Waals surface area contributed by atoms with E-state index in [0.29, 0.717) is 25.6 Å². The Balaban J connectivity index is 1.96. The van der Waals surface area contributed by atoms with E-state index in [1.165, 1.54) is 39.5 Å². The molecule has 1 saturated heterocycles. The number of nitrogens with zero attached hydrogens (tertiary/aromatic N) is 1. The lowest BCUT2D eigenvalue weighted by Gasteiger charge is -2.38. The number of hydrogen-bond acceptors (Lipinski definition) is 8. The van der Waals surface area contributed by atoms with Crippen LogP contribution in [0.15, 0.2) is 0 Å². The zero-order chi connectivity index (χ0) is 30.6. The van der Waals surface area contributed by atoms with Gasteiger partial charge in [0.25, 0.3) is 0 Å². The van der Waals surface area contributed by atoms with Crippen molar-refractivity contribution in [3.8, 4) is 0 Å². The van der Waals surface area contributed by atoms with E-state index in [-0.39, 0.29) is 35.3 Å². The molecule has 10 heteroatoms. The van der Waals surface area contributed by atoms with Crippen molar-refractivity contribution in [1.82, 2.24) is 10.2 Å². The Hall–Kier alpha value is -1.30. The Morgan fingerprint density at radius 2 is 1.63 bits per heavy atom. The SMILES string of the molecule is CC(=O)N[C@@H](CO)C(OCC(C)(C)CC(C)(C)CC(=O)N1CCC[C@H]1COC1CCCCCC1)OC(CO)[C@@H](C)O. The first-order valence-electron chi connectivity index (χ1n) is 15.6. The quantitative estimate of drug-likeness (QED) is 0.151. The molecule has 0 aromatic rings. The summed E-state index contributed by atoms with van der Waals surface area (Å²) >= 11 is 0. The number of aliphatic hydroxyl groups is 3. The summed E-state index contributed by atoms with van der Waals surface area (Å²) in [5.74, 6) is -0.203. The Morgan fingerprint density at radius 1 is 0.976 bits per heavy atom. The third-order valence-corrected chi connectivity index (χ3v) is 8.19. The van der Waals surface area contributed by atoms with Crippen molar-refractivity contribution in [1.29, 1.82) is 0 Å². The molecule has 2 unspecified atom stereocenters. The Morgan fingerprint density at radius 3 is 2.20 bits per heavy atom. The fourth-order valence-corrected chi connectivity index (χ4v) is 6.41. The van der Waals surface area contributed by atoms with Crippen LogP contribution in [0.4, 0.5) is 0 Å². The van der Waals surface area contributed by atoms with Gasteiger partial charge in [0.2, 0.25) is 11.8 Å². The fourth-order valence-electron chi connectivity index (χ4n) is 6.41. The molecule has 1 aliphatic carbocycles. The lowest BCUT2D eigenvalue weighted by Crippen LogP contribution is -2.51. The summed E-state index contributed by atoms with van der Waals surface area (Å²) in [5, 5.41) is 32.1. The summed E-state index contributed by atoms with van der Waals surface area (Å²) in [6, 6.07) is -0.730. The molecule has 0 spiro atoms. The van der Waals surface area contributed by atoms with Crippen LogP contribution in [-0.4, -0.2) is 102 Å². The summed E-state index contributed by atoms with van der Waals surface area (Å²) < 4.78 is 18.2. The smallest absolute Gasteiger partial charge is 0.223 e. The first-order valence-corrected chi connectivity index (χ1v) is 15.6. The predicted octanol–water partition coefficient (Wildman–Crippen LogP) is 3.15. The molecule has 1 heterocycles. The van der Waals surface area contributed by atoms with Crippen LogP contribution in [-0.2, 0) is 23.8 Å². The zero-order valence-corrected chi connectivity index (χ0v) is 26.4. The average Bonchev–Trinajstić information content (AvgIpc) is 3.20. The molecule has 240 valence electrons. The first-order chi connectivity index (χ1) is 19.3. The number of hydrogen-bond donors (Lipinski definition) is 4. The van der Waals surface area contributed by atoms with E-state index in [9.17, 15) is 24.9 Å². The predicted molar refractivity (Wildman–Crippen MR) is 157 cm³/mol. The highest BCUT2D eigenvalue weighted by molar-refractivity contribution is 5.77. The first kappa shape index (κ1) is 35.9. The van der Waals surface area contributed by atoms with Crippen molar-refractivity contribution < 1.29 is 39.1 Å². The third-order valence-electron chi connectivity index (χ3n) is 8.19. The summed E-state index contributed by atoms with van der Waals surface area (Å²) in [6.07, 6.45) is 7.70. The molecule has 5 atom stereocenters. The number of aliphatic hydroxyl groups excluding tert-OH is 3. The van der Waals surface area contributed by atoms with Crippen LogP contribution in [0, 0.1) is 10.8 Å². The monoisotopic (exact) mass is 586 g/mol. The maximum atomic E-state index is 13.5. The second-order valence-corrected chi connectivity index (χ2v) is 13.8. The molecule has 2 aliphatic rings. The normalized spacial score (nSPS) is 22.2. The fraction of sp³-hybridized carbons (Fsp3) is 0.935. The molecule has 0 aromatic heterocycles. The van der Waals surface area contributed by atoms with Crippen molar-refractivity contribution >= 4 is 11.8 Å². The lowest BCUT2D eigenvalue weighted by atomic mass is 9.73. The zero-order valence-electron chi connectivity index (χ0n) is 26.4. The van der Waals surface area contributed by atoms with Gasteiger partial charge >= 0.3 is 0 Å². The summed E-state index contributed by atoms with van der Waals surface area (Å²) in [7, 11) is 0. The molecule has 0 radical (unpaired) electrons. The van der Waals surface area contributed by atoms with Crippen molar-refractivity contribution in [2.24, 2.45) is 10.8 Å². The van der Waals surface area contributed by atoms with Gasteiger partial charge in [-0.15, -0.1) is 0 Å². The van der Waals surface area contributed by atoms with E-state index in [0.717, 1.165) is 32.2 Å². The van der Waals surface area contributed by atoms with E-state index >= 15 is 0 Å². The number of ether oxygens (including phenoxy) is 3. The summed E-state index contributed by atoms with van der Waals surface area (Å²) in [4.78, 5) is 27.2. The van der Waals surface area contributed by atoms with Gasteiger partial charge in [-0.25, -0.2) is 0 Å². The third kappa shape index (κ3) is 12.8. The highest BCUT2D eigenvalue weighted by atomic mass is 16.7. The number of rotatable bonds is 17. The Bertz CT molecular complexity index is 782. The number of nitrogens with one attached hydrogen (secondary N) is 1. The van der Waals surface area contributed by atoms with E-state index in [4.69, 9.17) is 14.2 Å². The molecule has 0 aromatic carbocycles. The van der Waals surface area contributed by atoms with Crippen molar-refractivity contribution in [2.45, 2.75) is 142 Å². The molecule has 4 N–H and O–H groups in total. The molecular formula is C31H58N2O8. The highest BCUT2D eigenvalue weighted by Crippen LogP contribution is 2.38. The van der Waals surface area contributed by atoms with Crippen LogP contribution in [0.2, 0.25) is 0 Å². The van der Waals surface area contributed by atoms with Gasteiger partial charge in [0, 0.05) is 19.9 Å². The maximum Gasteiger partial charge on any atom is 0.223 e. The van der Waals surface area contributed by atoms with Crippen LogP contribution in [0.5, 0.6) is 0 Å². The standard InChI is InChI=1S/C31H58N2O8/c1-22(36)27(18-35)41-29(26(17-34)32-23(2)37)40-21-31(5,6)20-30(3,4)16-28(38)33-15-11-12-24(33)19-39-25-13-9-7-8-10-14-25/h22,24-27,29,34-36H,7-21H2,1-6H3,(H,32,37)/t22-,24+,26+,27?,29?/m1/s1. The summed E-state index contributed by atoms with van der Waals surface area (Å²) in [6.45, 7) is 11.8. The van der Waals surface area contributed by atoms with E-state index < -0.39 is 37.8 Å². The van der Waals surface area contributed by atoms with Gasteiger partial charge < -0.3 is 39.7 Å². The van der Waals surface area contributed by atoms with E-state index in [1.807, 2.05) is 18.7 Å². The van der Waals surface area contributed by atoms with Gasteiger partial charge in [0.05, 0.1) is 44.7 Å². The van der Waals surface area contributed by atoms with Crippen LogP contribution in [0.3, 0.4) is 0 Å². The van der Waals surface area contributed by atoms with E-state index in [1.54, 1.807) is 0 Å². The number of likely N-dealkylation sites (tertiary alicyclic amines) is 1. The number of carbonyl (C=O) groups is 2. The van der Waals surface area contributed by atoms with Gasteiger partial charge in [-0.05, 0) is 49.9 Å². The molecule has 41 heavy (non-hydrogen) atoms. The average molecular weight is 587 g/mol.